The van der Waals surface area contributed by atoms with Gasteiger partial charge in [-0.05, 0) is 81.8 Å². The summed E-state index contributed by atoms with van der Waals surface area (Å²) >= 11 is 5.98. The molecule has 0 bridgehead atoms. The Balaban J connectivity index is 2.04. The fraction of sp³-hybridized carbons (Fsp3) is 0.333. The molecule has 3 aromatic rings. The van der Waals surface area contributed by atoms with E-state index in [4.69, 9.17) is 16.3 Å². The summed E-state index contributed by atoms with van der Waals surface area (Å²) in [6.45, 7) is 6.64. The number of benzene rings is 3. The van der Waals surface area contributed by atoms with Gasteiger partial charge in [0.05, 0.1) is 17.2 Å². The van der Waals surface area contributed by atoms with E-state index in [-0.39, 0.29) is 28.7 Å². The molecule has 0 saturated heterocycles. The van der Waals surface area contributed by atoms with Gasteiger partial charge < -0.3 is 15.0 Å². The second kappa shape index (κ2) is 14.3. The second-order valence-corrected chi connectivity index (χ2v) is 11.8. The van der Waals surface area contributed by atoms with Crippen LogP contribution in [0.1, 0.15) is 39.7 Å². The molecule has 0 heterocycles. The standard InChI is InChI=1S/C30H35ClFN3O5S/c1-5-21(3)33-30(37)22(4)34(19-23-9-7-8-10-28(23)32)29(36)20-35(25-13-15-26(16-14-25)40-6-2)41(38,39)27-17-11-24(31)12-18-27/h7-18,21-22H,5-6,19-20H2,1-4H3,(H,33,37)/t21-,22+/m1/s1. The fourth-order valence-electron chi connectivity index (χ4n) is 4.00. The molecule has 2 amide bonds. The number of rotatable bonds is 13. The van der Waals surface area contributed by atoms with Gasteiger partial charge in [0.1, 0.15) is 24.2 Å². The number of carbonyl (C=O) groups excluding carboxylic acids is 2. The first kappa shape index (κ1) is 31.9. The highest BCUT2D eigenvalue weighted by atomic mass is 35.5. The lowest BCUT2D eigenvalue weighted by Crippen LogP contribution is -2.52. The third-order valence-electron chi connectivity index (χ3n) is 6.58. The van der Waals surface area contributed by atoms with Gasteiger partial charge in [-0.3, -0.25) is 13.9 Å². The Morgan fingerprint density at radius 3 is 2.20 bits per heavy atom. The van der Waals surface area contributed by atoms with Gasteiger partial charge in [0.25, 0.3) is 10.0 Å². The van der Waals surface area contributed by atoms with E-state index in [2.05, 4.69) is 5.32 Å². The summed E-state index contributed by atoms with van der Waals surface area (Å²) in [5.41, 5.74) is 0.400. The average molecular weight is 604 g/mol. The van der Waals surface area contributed by atoms with Crippen molar-refractivity contribution in [3.63, 3.8) is 0 Å². The van der Waals surface area contributed by atoms with Crippen molar-refractivity contribution in [1.82, 2.24) is 10.2 Å². The highest BCUT2D eigenvalue weighted by molar-refractivity contribution is 7.92. The van der Waals surface area contributed by atoms with Crippen molar-refractivity contribution in [2.24, 2.45) is 0 Å². The summed E-state index contributed by atoms with van der Waals surface area (Å²) in [6, 6.07) is 16.6. The van der Waals surface area contributed by atoms with Gasteiger partial charge in [-0.15, -0.1) is 0 Å². The zero-order valence-corrected chi connectivity index (χ0v) is 25.1. The van der Waals surface area contributed by atoms with Gasteiger partial charge in [0.2, 0.25) is 11.8 Å². The first-order valence-corrected chi connectivity index (χ1v) is 15.1. The Kier molecular flexibility index (Phi) is 11.1. The number of carbonyl (C=O) groups is 2. The van der Waals surface area contributed by atoms with E-state index in [1.807, 2.05) is 20.8 Å². The molecule has 0 unspecified atom stereocenters. The van der Waals surface area contributed by atoms with E-state index < -0.39 is 40.2 Å². The molecule has 0 aromatic heterocycles. The molecular formula is C30H35ClFN3O5S. The number of anilines is 1. The molecule has 0 radical (unpaired) electrons. The van der Waals surface area contributed by atoms with Gasteiger partial charge in [-0.2, -0.15) is 0 Å². The Bertz CT molecular complexity index is 1440. The number of amides is 2. The lowest BCUT2D eigenvalue weighted by Gasteiger charge is -2.32. The van der Waals surface area contributed by atoms with Crippen LogP contribution in [0.2, 0.25) is 5.02 Å². The van der Waals surface area contributed by atoms with E-state index in [0.717, 1.165) is 4.31 Å². The molecule has 3 rings (SSSR count). The van der Waals surface area contributed by atoms with Crippen molar-refractivity contribution < 1.29 is 27.1 Å². The third kappa shape index (κ3) is 8.20. The third-order valence-corrected chi connectivity index (χ3v) is 8.62. The molecule has 1 N–H and O–H groups in total. The first-order chi connectivity index (χ1) is 19.5. The van der Waals surface area contributed by atoms with Gasteiger partial charge in [0, 0.05) is 23.2 Å². The lowest BCUT2D eigenvalue weighted by molar-refractivity contribution is -0.139. The van der Waals surface area contributed by atoms with E-state index in [1.165, 1.54) is 66.4 Å². The number of sulfonamides is 1. The maximum Gasteiger partial charge on any atom is 0.264 e. The minimum atomic E-state index is -4.26. The molecule has 11 heteroatoms. The second-order valence-electron chi connectivity index (χ2n) is 9.50. The Morgan fingerprint density at radius 2 is 1.61 bits per heavy atom. The predicted molar refractivity (Wildman–Crippen MR) is 158 cm³/mol. The van der Waals surface area contributed by atoms with Gasteiger partial charge in [-0.1, -0.05) is 36.7 Å². The minimum absolute atomic E-state index is 0.0770. The van der Waals surface area contributed by atoms with Crippen molar-refractivity contribution >= 4 is 39.1 Å². The van der Waals surface area contributed by atoms with Crippen LogP contribution in [0, 0.1) is 5.82 Å². The van der Waals surface area contributed by atoms with Crippen LogP contribution in [-0.2, 0) is 26.2 Å². The number of hydrogen-bond acceptors (Lipinski definition) is 5. The maximum atomic E-state index is 14.6. The normalized spacial score (nSPS) is 12.7. The van der Waals surface area contributed by atoms with Crippen LogP contribution in [0.3, 0.4) is 0 Å². The Morgan fingerprint density at radius 1 is 0.976 bits per heavy atom. The summed E-state index contributed by atoms with van der Waals surface area (Å²) in [5.74, 6) is -1.14. The fourth-order valence-corrected chi connectivity index (χ4v) is 5.54. The van der Waals surface area contributed by atoms with E-state index >= 15 is 0 Å². The molecule has 41 heavy (non-hydrogen) atoms. The lowest BCUT2D eigenvalue weighted by atomic mass is 10.1. The molecule has 0 aliphatic carbocycles. The van der Waals surface area contributed by atoms with Crippen LogP contribution in [0.5, 0.6) is 5.75 Å². The molecule has 2 atom stereocenters. The molecular weight excluding hydrogens is 569 g/mol. The molecule has 0 saturated carbocycles. The number of hydrogen-bond donors (Lipinski definition) is 1. The minimum Gasteiger partial charge on any atom is -0.494 e. The number of nitrogens with one attached hydrogen (secondary N) is 1. The first-order valence-electron chi connectivity index (χ1n) is 13.3. The number of nitrogens with zero attached hydrogens (tertiary/aromatic N) is 2. The molecule has 0 aliphatic heterocycles. The van der Waals surface area contributed by atoms with Crippen LogP contribution in [0.25, 0.3) is 0 Å². The summed E-state index contributed by atoms with van der Waals surface area (Å²) in [5, 5.41) is 3.20. The topological polar surface area (TPSA) is 96.0 Å². The Labute approximate surface area is 246 Å². The van der Waals surface area contributed by atoms with Crippen molar-refractivity contribution in [1.29, 1.82) is 0 Å². The highest BCUT2D eigenvalue weighted by Crippen LogP contribution is 2.27. The number of ether oxygens (including phenoxy) is 1. The Hall–Kier alpha value is -3.63. The molecule has 220 valence electrons. The van der Waals surface area contributed by atoms with Crippen LogP contribution < -0.4 is 14.4 Å². The zero-order chi connectivity index (χ0) is 30.2. The summed E-state index contributed by atoms with van der Waals surface area (Å²) in [4.78, 5) is 28.1. The molecule has 0 spiro atoms. The molecule has 3 aromatic carbocycles. The van der Waals surface area contributed by atoms with Gasteiger partial charge >= 0.3 is 0 Å². The predicted octanol–water partition coefficient (Wildman–Crippen LogP) is 5.41. The van der Waals surface area contributed by atoms with Crippen molar-refractivity contribution in [2.45, 2.75) is 57.6 Å². The number of halogens is 2. The summed E-state index contributed by atoms with van der Waals surface area (Å²) in [7, 11) is -4.26. The monoisotopic (exact) mass is 603 g/mol. The van der Waals surface area contributed by atoms with Crippen molar-refractivity contribution in [3.8, 4) is 5.75 Å². The molecule has 0 aliphatic rings. The van der Waals surface area contributed by atoms with Crippen molar-refractivity contribution in [3.05, 3.63) is 89.2 Å². The van der Waals surface area contributed by atoms with E-state index in [9.17, 15) is 22.4 Å². The average Bonchev–Trinajstić information content (AvgIpc) is 2.95. The summed E-state index contributed by atoms with van der Waals surface area (Å²) in [6.07, 6.45) is 0.671. The molecule has 8 nitrogen and oxygen atoms in total. The van der Waals surface area contributed by atoms with Crippen LogP contribution in [0.4, 0.5) is 10.1 Å². The summed E-state index contributed by atoms with van der Waals surface area (Å²) < 4.78 is 48.8. The van der Waals surface area contributed by atoms with Crippen molar-refractivity contribution in [2.75, 3.05) is 17.5 Å². The largest absolute Gasteiger partial charge is 0.494 e. The van der Waals surface area contributed by atoms with Crippen LogP contribution in [-0.4, -0.2) is 50.4 Å². The highest BCUT2D eigenvalue weighted by Gasteiger charge is 2.33. The smallest absolute Gasteiger partial charge is 0.264 e. The van der Waals surface area contributed by atoms with Crippen LogP contribution in [0.15, 0.2) is 77.7 Å². The van der Waals surface area contributed by atoms with Gasteiger partial charge in [-0.25, -0.2) is 12.8 Å². The van der Waals surface area contributed by atoms with E-state index in [0.29, 0.717) is 23.8 Å². The molecule has 0 fully saturated rings. The SMILES string of the molecule is CCOc1ccc(N(CC(=O)N(Cc2ccccc2F)[C@@H](C)C(=O)N[C@H](C)CC)S(=O)(=O)c2ccc(Cl)cc2)cc1. The maximum absolute atomic E-state index is 14.6. The zero-order valence-electron chi connectivity index (χ0n) is 23.5. The quantitative estimate of drug-likeness (QED) is 0.282. The van der Waals surface area contributed by atoms with E-state index in [1.54, 1.807) is 18.2 Å². The van der Waals surface area contributed by atoms with Gasteiger partial charge in [0.15, 0.2) is 0 Å². The van der Waals surface area contributed by atoms with Crippen LogP contribution >= 0.6 is 11.6 Å².